The molecule has 0 saturated heterocycles. The highest BCUT2D eigenvalue weighted by molar-refractivity contribution is 6.33. The molecule has 2 aromatic heterocycles. The lowest BCUT2D eigenvalue weighted by molar-refractivity contribution is -0.122. The van der Waals surface area contributed by atoms with E-state index in [-0.39, 0.29) is 6.54 Å². The Kier molecular flexibility index (Phi) is 5.44. The zero-order chi connectivity index (χ0) is 20.1. The summed E-state index contributed by atoms with van der Waals surface area (Å²) in [5.41, 5.74) is 4.01. The molecule has 0 fully saturated rings. The number of aromatic nitrogens is 4. The van der Waals surface area contributed by atoms with Crippen LogP contribution in [0.3, 0.4) is 0 Å². The van der Waals surface area contributed by atoms with Gasteiger partial charge in [-0.3, -0.25) is 4.79 Å². The van der Waals surface area contributed by atoms with Gasteiger partial charge in [-0.1, -0.05) is 54.1 Å². The van der Waals surface area contributed by atoms with Crippen LogP contribution in [0.2, 0.25) is 5.02 Å². The Bertz CT molecular complexity index is 1150. The van der Waals surface area contributed by atoms with Gasteiger partial charge in [0, 0.05) is 11.1 Å². The van der Waals surface area contributed by atoms with Crippen LogP contribution in [0.15, 0.2) is 76.2 Å². The molecular weight excluding hydrogens is 392 g/mol. The largest absolute Gasteiger partial charge is 0.455 e. The van der Waals surface area contributed by atoms with Crippen LogP contribution >= 0.6 is 11.6 Å². The van der Waals surface area contributed by atoms with Gasteiger partial charge in [0.25, 0.3) is 5.91 Å². The number of halogens is 1. The van der Waals surface area contributed by atoms with Gasteiger partial charge < -0.3 is 4.42 Å². The van der Waals surface area contributed by atoms with Crippen molar-refractivity contribution in [2.24, 2.45) is 5.10 Å². The Hall–Kier alpha value is -3.78. The van der Waals surface area contributed by atoms with Crippen molar-refractivity contribution in [1.29, 1.82) is 0 Å². The lowest BCUT2D eigenvalue weighted by atomic mass is 10.2. The first-order chi connectivity index (χ1) is 14.2. The average Bonchev–Trinajstić information content (AvgIpc) is 3.39. The molecule has 0 saturated carbocycles. The maximum Gasteiger partial charge on any atom is 0.263 e. The second-order valence-electron chi connectivity index (χ2n) is 5.98. The third-order valence-corrected chi connectivity index (χ3v) is 4.25. The average molecular weight is 407 g/mol. The minimum Gasteiger partial charge on any atom is -0.455 e. The van der Waals surface area contributed by atoms with Crippen molar-refractivity contribution in [3.63, 3.8) is 0 Å². The first-order valence-electron chi connectivity index (χ1n) is 8.69. The van der Waals surface area contributed by atoms with Crippen molar-refractivity contribution in [3.8, 4) is 22.7 Å². The lowest BCUT2D eigenvalue weighted by Gasteiger charge is -1.99. The third kappa shape index (κ3) is 4.56. The molecule has 0 unspecified atom stereocenters. The van der Waals surface area contributed by atoms with Crippen LogP contribution in [0.1, 0.15) is 5.76 Å². The van der Waals surface area contributed by atoms with Gasteiger partial charge in [-0.25, -0.2) is 5.43 Å². The van der Waals surface area contributed by atoms with Crippen molar-refractivity contribution in [3.05, 3.63) is 77.5 Å². The normalized spacial score (nSPS) is 11.1. The summed E-state index contributed by atoms with van der Waals surface area (Å²) < 4.78 is 5.68. The molecule has 9 heteroatoms. The van der Waals surface area contributed by atoms with Gasteiger partial charge in [0.15, 0.2) is 0 Å². The number of carbonyl (C=O) groups is 1. The van der Waals surface area contributed by atoms with Crippen molar-refractivity contribution < 1.29 is 9.21 Å². The second kappa shape index (κ2) is 8.49. The van der Waals surface area contributed by atoms with E-state index in [9.17, 15) is 4.79 Å². The molecule has 0 aliphatic heterocycles. The topological polar surface area (TPSA) is 98.2 Å². The Morgan fingerprint density at radius 2 is 1.90 bits per heavy atom. The molecular formula is C20H15ClN6O2. The molecule has 144 valence electrons. The number of tetrazole rings is 1. The summed E-state index contributed by atoms with van der Waals surface area (Å²) in [6.45, 7) is -0.111. The Morgan fingerprint density at radius 1 is 1.10 bits per heavy atom. The number of hydrazone groups is 1. The number of nitrogens with zero attached hydrogens (tertiary/aromatic N) is 5. The maximum atomic E-state index is 12.0. The fraction of sp³-hybridized carbons (Fsp3) is 0.0500. The molecule has 1 N–H and O–H groups in total. The highest BCUT2D eigenvalue weighted by Gasteiger charge is 2.09. The van der Waals surface area contributed by atoms with Crippen LogP contribution in [-0.4, -0.2) is 32.3 Å². The van der Waals surface area contributed by atoms with E-state index in [2.05, 4.69) is 25.9 Å². The number of rotatable bonds is 6. The molecule has 4 rings (SSSR count). The van der Waals surface area contributed by atoms with E-state index >= 15 is 0 Å². The van der Waals surface area contributed by atoms with E-state index in [4.69, 9.17) is 16.0 Å². The number of hydrogen-bond donors (Lipinski definition) is 1. The van der Waals surface area contributed by atoms with Gasteiger partial charge in [0.2, 0.25) is 5.82 Å². The smallest absolute Gasteiger partial charge is 0.263 e. The zero-order valence-corrected chi connectivity index (χ0v) is 15.8. The molecule has 4 aromatic rings. The highest BCUT2D eigenvalue weighted by Crippen LogP contribution is 2.28. The van der Waals surface area contributed by atoms with Gasteiger partial charge in [-0.05, 0) is 29.5 Å². The zero-order valence-electron chi connectivity index (χ0n) is 15.1. The summed E-state index contributed by atoms with van der Waals surface area (Å²) in [5.74, 6) is 1.15. The van der Waals surface area contributed by atoms with E-state index in [1.54, 1.807) is 18.2 Å². The van der Waals surface area contributed by atoms with Crippen LogP contribution < -0.4 is 5.43 Å². The summed E-state index contributed by atoms with van der Waals surface area (Å²) in [6.07, 6.45) is 1.41. The van der Waals surface area contributed by atoms with Crippen LogP contribution in [0.25, 0.3) is 22.7 Å². The Labute approximate surface area is 170 Å². The Balaban J connectivity index is 1.34. The number of nitrogens with one attached hydrogen (secondary N) is 1. The SMILES string of the molecule is O=C(Cn1nnc(-c2ccccc2)n1)N/N=C/c1ccc(-c2ccccc2Cl)o1. The number of carbonyl (C=O) groups excluding carboxylic acids is 1. The van der Waals surface area contributed by atoms with Crippen LogP contribution in [-0.2, 0) is 11.3 Å². The summed E-state index contributed by atoms with van der Waals surface area (Å²) in [4.78, 5) is 13.2. The molecule has 1 amide bonds. The number of amides is 1. The molecule has 29 heavy (non-hydrogen) atoms. The van der Waals surface area contributed by atoms with Crippen molar-refractivity contribution >= 4 is 23.7 Å². The predicted molar refractivity (Wildman–Crippen MR) is 108 cm³/mol. The quantitative estimate of drug-likeness (QED) is 0.391. The van der Waals surface area contributed by atoms with Gasteiger partial charge in [-0.15, -0.1) is 10.2 Å². The third-order valence-electron chi connectivity index (χ3n) is 3.92. The monoisotopic (exact) mass is 406 g/mol. The van der Waals surface area contributed by atoms with Gasteiger partial charge in [0.05, 0.1) is 11.2 Å². The number of benzene rings is 2. The minimum atomic E-state index is -0.392. The molecule has 8 nitrogen and oxygen atoms in total. The summed E-state index contributed by atoms with van der Waals surface area (Å²) >= 11 is 6.16. The molecule has 2 heterocycles. The standard InChI is InChI=1S/C20H15ClN6O2/c21-17-9-5-4-8-16(17)18-11-10-15(29-18)12-22-23-19(28)13-27-25-20(24-26-27)14-6-2-1-3-7-14/h1-12H,13H2,(H,23,28)/b22-12+. The van der Waals surface area contributed by atoms with Gasteiger partial charge in [0.1, 0.15) is 18.1 Å². The van der Waals surface area contributed by atoms with E-state index in [1.165, 1.54) is 11.0 Å². The summed E-state index contributed by atoms with van der Waals surface area (Å²) in [5, 5.41) is 16.5. The maximum absolute atomic E-state index is 12.0. The molecule has 0 atom stereocenters. The second-order valence-corrected chi connectivity index (χ2v) is 6.39. The van der Waals surface area contributed by atoms with Crippen LogP contribution in [0, 0.1) is 0 Å². The Morgan fingerprint density at radius 3 is 2.72 bits per heavy atom. The van der Waals surface area contributed by atoms with Crippen molar-refractivity contribution in [1.82, 2.24) is 25.6 Å². The predicted octanol–water partition coefficient (Wildman–Crippen LogP) is 3.40. The number of furan rings is 1. The molecule has 0 aliphatic rings. The van der Waals surface area contributed by atoms with Crippen molar-refractivity contribution in [2.75, 3.05) is 0 Å². The minimum absolute atomic E-state index is 0.111. The van der Waals surface area contributed by atoms with Crippen LogP contribution in [0.4, 0.5) is 0 Å². The first-order valence-corrected chi connectivity index (χ1v) is 9.07. The van der Waals surface area contributed by atoms with E-state index < -0.39 is 5.91 Å². The summed E-state index contributed by atoms with van der Waals surface area (Å²) in [7, 11) is 0. The molecule has 0 bridgehead atoms. The van der Waals surface area contributed by atoms with E-state index in [1.807, 2.05) is 48.5 Å². The van der Waals surface area contributed by atoms with Crippen molar-refractivity contribution in [2.45, 2.75) is 6.54 Å². The molecule has 0 aliphatic carbocycles. The molecule has 0 spiro atoms. The molecule has 2 aromatic carbocycles. The first kappa shape index (κ1) is 18.6. The van der Waals surface area contributed by atoms with Crippen LogP contribution in [0.5, 0.6) is 0 Å². The molecule has 0 radical (unpaired) electrons. The highest BCUT2D eigenvalue weighted by atomic mass is 35.5. The van der Waals surface area contributed by atoms with E-state index in [0.717, 1.165) is 11.1 Å². The summed E-state index contributed by atoms with van der Waals surface area (Å²) in [6, 6.07) is 20.3. The van der Waals surface area contributed by atoms with E-state index in [0.29, 0.717) is 22.4 Å². The lowest BCUT2D eigenvalue weighted by Crippen LogP contribution is -2.24. The van der Waals surface area contributed by atoms with Gasteiger partial charge in [-0.2, -0.15) is 9.90 Å². The fourth-order valence-electron chi connectivity index (χ4n) is 2.57. The van der Waals surface area contributed by atoms with Gasteiger partial charge >= 0.3 is 0 Å². The number of hydrogen-bond acceptors (Lipinski definition) is 6. The fourth-order valence-corrected chi connectivity index (χ4v) is 2.80.